The molecule has 0 saturated heterocycles. The Morgan fingerprint density at radius 1 is 1.25 bits per heavy atom. The first-order chi connectivity index (χ1) is 11.4. The van der Waals surface area contributed by atoms with Crippen LogP contribution in [-0.2, 0) is 9.53 Å². The van der Waals surface area contributed by atoms with Crippen LogP contribution < -0.4 is 10.1 Å². The third kappa shape index (κ3) is 4.55. The van der Waals surface area contributed by atoms with Gasteiger partial charge in [0.05, 0.1) is 12.3 Å². The van der Waals surface area contributed by atoms with E-state index >= 15 is 0 Å². The number of aromatic nitrogens is 1. The van der Waals surface area contributed by atoms with Crippen molar-refractivity contribution in [3.05, 3.63) is 39.9 Å². The Balaban J connectivity index is 1.96. The molecule has 0 fully saturated rings. The highest BCUT2D eigenvalue weighted by Gasteiger charge is 2.17. The highest BCUT2D eigenvalue weighted by Crippen LogP contribution is 2.23. The van der Waals surface area contributed by atoms with Crippen LogP contribution in [0.4, 0.5) is 5.13 Å². The molecule has 24 heavy (non-hydrogen) atoms. The van der Waals surface area contributed by atoms with Crippen molar-refractivity contribution < 1.29 is 19.1 Å². The number of carbonyl (C=O) groups is 2. The predicted molar refractivity (Wildman–Crippen MR) is 92.8 cm³/mol. The van der Waals surface area contributed by atoms with Gasteiger partial charge in [0.1, 0.15) is 10.6 Å². The van der Waals surface area contributed by atoms with Crippen LogP contribution in [0.1, 0.15) is 33.4 Å². The fourth-order valence-electron chi connectivity index (χ4n) is 2.00. The Morgan fingerprint density at radius 2 is 2.00 bits per heavy atom. The molecular weight excluding hydrogens is 328 g/mol. The number of benzene rings is 1. The van der Waals surface area contributed by atoms with Gasteiger partial charge < -0.3 is 9.47 Å². The summed E-state index contributed by atoms with van der Waals surface area (Å²) in [5.41, 5.74) is 2.55. The number of nitrogens with zero attached hydrogens (tertiary/aromatic N) is 1. The first kappa shape index (κ1) is 17.9. The van der Waals surface area contributed by atoms with Crippen LogP contribution in [0, 0.1) is 20.8 Å². The average Bonchev–Trinajstić information content (AvgIpc) is 2.89. The minimum atomic E-state index is -0.431. The van der Waals surface area contributed by atoms with E-state index in [0.29, 0.717) is 28.1 Å². The van der Waals surface area contributed by atoms with Crippen molar-refractivity contribution >= 4 is 28.3 Å². The molecule has 0 spiro atoms. The van der Waals surface area contributed by atoms with E-state index in [1.54, 1.807) is 13.8 Å². The van der Waals surface area contributed by atoms with Gasteiger partial charge in [-0.1, -0.05) is 23.5 Å². The molecule has 0 aliphatic rings. The van der Waals surface area contributed by atoms with Gasteiger partial charge in [0, 0.05) is 0 Å². The van der Waals surface area contributed by atoms with Crippen LogP contribution in [0.15, 0.2) is 18.2 Å². The molecule has 0 radical (unpaired) electrons. The molecular formula is C17H20N2O4S. The number of rotatable bonds is 6. The molecule has 1 aromatic carbocycles. The molecule has 7 heteroatoms. The second kappa shape index (κ2) is 7.92. The topological polar surface area (TPSA) is 77.5 Å². The van der Waals surface area contributed by atoms with Crippen molar-refractivity contribution in [1.29, 1.82) is 0 Å². The first-order valence-electron chi connectivity index (χ1n) is 7.55. The molecule has 0 aliphatic carbocycles. The molecule has 1 amide bonds. The fourth-order valence-corrected chi connectivity index (χ4v) is 2.87. The van der Waals surface area contributed by atoms with E-state index in [1.807, 2.05) is 32.0 Å². The number of ether oxygens (including phenoxy) is 2. The van der Waals surface area contributed by atoms with E-state index in [2.05, 4.69) is 10.3 Å². The van der Waals surface area contributed by atoms with Crippen LogP contribution in [0.2, 0.25) is 0 Å². The Labute approximate surface area is 144 Å². The molecule has 1 N–H and O–H groups in total. The van der Waals surface area contributed by atoms with Crippen LogP contribution in [0.5, 0.6) is 5.75 Å². The minimum Gasteiger partial charge on any atom is -0.483 e. The smallest absolute Gasteiger partial charge is 0.350 e. The number of hydrogen-bond donors (Lipinski definition) is 1. The van der Waals surface area contributed by atoms with Crippen molar-refractivity contribution in [3.8, 4) is 5.75 Å². The lowest BCUT2D eigenvalue weighted by atomic mass is 10.1. The quantitative estimate of drug-likeness (QED) is 0.811. The fraction of sp³-hybridized carbons (Fsp3) is 0.353. The van der Waals surface area contributed by atoms with Crippen LogP contribution in [0.3, 0.4) is 0 Å². The lowest BCUT2D eigenvalue weighted by Gasteiger charge is -2.09. The maximum atomic E-state index is 12.0. The molecule has 6 nitrogen and oxygen atoms in total. The van der Waals surface area contributed by atoms with Gasteiger partial charge in [-0.15, -0.1) is 0 Å². The number of aryl methyl sites for hydroxylation is 3. The molecule has 0 bridgehead atoms. The normalized spacial score (nSPS) is 10.3. The monoisotopic (exact) mass is 348 g/mol. The van der Waals surface area contributed by atoms with Gasteiger partial charge >= 0.3 is 5.97 Å². The van der Waals surface area contributed by atoms with Gasteiger partial charge in [-0.2, -0.15) is 0 Å². The number of amides is 1. The molecule has 128 valence electrons. The van der Waals surface area contributed by atoms with Crippen LogP contribution >= 0.6 is 11.3 Å². The maximum absolute atomic E-state index is 12.0. The third-order valence-electron chi connectivity index (χ3n) is 3.21. The van der Waals surface area contributed by atoms with Crippen LogP contribution in [0.25, 0.3) is 0 Å². The second-order valence-electron chi connectivity index (χ2n) is 5.26. The summed E-state index contributed by atoms with van der Waals surface area (Å²) in [4.78, 5) is 28.3. The van der Waals surface area contributed by atoms with Crippen molar-refractivity contribution in [3.63, 3.8) is 0 Å². The Kier molecular flexibility index (Phi) is 5.92. The predicted octanol–water partition coefficient (Wildman–Crippen LogP) is 3.26. The van der Waals surface area contributed by atoms with Crippen molar-refractivity contribution in [2.45, 2.75) is 27.7 Å². The van der Waals surface area contributed by atoms with Gasteiger partial charge in [-0.3, -0.25) is 10.1 Å². The molecule has 0 aliphatic heterocycles. The lowest BCUT2D eigenvalue weighted by molar-refractivity contribution is -0.118. The SMILES string of the molecule is CCOC(=O)c1sc(NC(=O)COc2cc(C)ccc2C)nc1C. The third-order valence-corrected chi connectivity index (χ3v) is 4.26. The Hall–Kier alpha value is -2.41. The molecule has 1 heterocycles. The number of esters is 1. The van der Waals surface area contributed by atoms with E-state index in [4.69, 9.17) is 9.47 Å². The molecule has 2 rings (SSSR count). The summed E-state index contributed by atoms with van der Waals surface area (Å²) in [7, 11) is 0. The highest BCUT2D eigenvalue weighted by molar-refractivity contribution is 7.17. The number of hydrogen-bond acceptors (Lipinski definition) is 6. The van der Waals surface area contributed by atoms with Crippen molar-refractivity contribution in [1.82, 2.24) is 4.98 Å². The zero-order valence-corrected chi connectivity index (χ0v) is 15.0. The van der Waals surface area contributed by atoms with E-state index in [1.165, 1.54) is 0 Å². The second-order valence-corrected chi connectivity index (χ2v) is 6.26. The average molecular weight is 348 g/mol. The Morgan fingerprint density at radius 3 is 2.71 bits per heavy atom. The zero-order chi connectivity index (χ0) is 17.7. The van der Waals surface area contributed by atoms with E-state index in [9.17, 15) is 9.59 Å². The number of carbonyl (C=O) groups excluding carboxylic acids is 2. The first-order valence-corrected chi connectivity index (χ1v) is 8.36. The number of nitrogens with one attached hydrogen (secondary N) is 1. The molecule has 0 atom stereocenters. The number of anilines is 1. The highest BCUT2D eigenvalue weighted by atomic mass is 32.1. The van der Waals surface area contributed by atoms with Gasteiger partial charge in [0.15, 0.2) is 11.7 Å². The van der Waals surface area contributed by atoms with Gasteiger partial charge in [-0.25, -0.2) is 9.78 Å². The van der Waals surface area contributed by atoms with Crippen LogP contribution in [-0.4, -0.2) is 30.1 Å². The summed E-state index contributed by atoms with van der Waals surface area (Å²) < 4.78 is 10.5. The molecule has 0 unspecified atom stereocenters. The van der Waals surface area contributed by atoms with E-state index in [-0.39, 0.29) is 12.5 Å². The lowest BCUT2D eigenvalue weighted by Crippen LogP contribution is -2.20. The summed E-state index contributed by atoms with van der Waals surface area (Å²) in [6.45, 7) is 7.48. The summed E-state index contributed by atoms with van der Waals surface area (Å²) in [5.74, 6) is -0.0904. The van der Waals surface area contributed by atoms with Gasteiger partial charge in [0.2, 0.25) is 0 Å². The number of thiazole rings is 1. The molecule has 0 saturated carbocycles. The summed E-state index contributed by atoms with van der Waals surface area (Å²) in [5, 5.41) is 2.99. The summed E-state index contributed by atoms with van der Waals surface area (Å²) >= 11 is 1.09. The largest absolute Gasteiger partial charge is 0.483 e. The molecule has 2 aromatic rings. The molecule has 1 aromatic heterocycles. The maximum Gasteiger partial charge on any atom is 0.350 e. The minimum absolute atomic E-state index is 0.127. The summed E-state index contributed by atoms with van der Waals surface area (Å²) in [6, 6.07) is 5.81. The standard InChI is InChI=1S/C17H20N2O4S/c1-5-22-16(21)15-12(4)18-17(24-15)19-14(20)9-23-13-8-10(2)6-7-11(13)3/h6-8H,5,9H2,1-4H3,(H,18,19,20). The van der Waals surface area contributed by atoms with Gasteiger partial charge in [-0.05, 0) is 44.9 Å². The summed E-state index contributed by atoms with van der Waals surface area (Å²) in [6.07, 6.45) is 0. The van der Waals surface area contributed by atoms with E-state index < -0.39 is 5.97 Å². The zero-order valence-electron chi connectivity index (χ0n) is 14.1. The van der Waals surface area contributed by atoms with E-state index in [0.717, 1.165) is 22.5 Å². The van der Waals surface area contributed by atoms with Crippen molar-refractivity contribution in [2.75, 3.05) is 18.5 Å². The van der Waals surface area contributed by atoms with Crippen molar-refractivity contribution in [2.24, 2.45) is 0 Å². The van der Waals surface area contributed by atoms with Gasteiger partial charge in [0.25, 0.3) is 5.91 Å². The Bertz CT molecular complexity index is 755.